The molecule has 1 aliphatic heterocycles. The van der Waals surface area contributed by atoms with Crippen LogP contribution in [0.25, 0.3) is 0 Å². The quantitative estimate of drug-likeness (QED) is 0.794. The lowest BCUT2D eigenvalue weighted by atomic mass is 9.99. The van der Waals surface area contributed by atoms with E-state index in [2.05, 4.69) is 34.1 Å². The highest BCUT2D eigenvalue weighted by Gasteiger charge is 2.25. The molecule has 4 heteroatoms. The second-order valence-electron chi connectivity index (χ2n) is 4.51. The zero-order chi connectivity index (χ0) is 12.4. The number of rotatable bonds is 3. The van der Waals surface area contributed by atoms with E-state index in [1.54, 1.807) is 6.20 Å². The molecule has 1 atom stereocenters. The monoisotopic (exact) mass is 258 g/mol. The average molecular weight is 258 g/mol. The molecule has 3 rings (SSSR count). The molecular formula is C14H14N2OS. The van der Waals surface area contributed by atoms with Gasteiger partial charge in [-0.3, -0.25) is 4.79 Å². The molecule has 1 fully saturated rings. The molecule has 1 aliphatic rings. The first kappa shape index (κ1) is 11.4. The van der Waals surface area contributed by atoms with Crippen molar-refractivity contribution in [1.82, 2.24) is 4.98 Å². The van der Waals surface area contributed by atoms with E-state index in [9.17, 15) is 4.79 Å². The largest absolute Gasteiger partial charge is 0.347 e. The molecule has 1 saturated heterocycles. The minimum Gasteiger partial charge on any atom is -0.347 e. The predicted octanol–water partition coefficient (Wildman–Crippen LogP) is 2.95. The smallest absolute Gasteiger partial charge is 0.185 e. The highest BCUT2D eigenvalue weighted by Crippen LogP contribution is 2.32. The highest BCUT2D eigenvalue weighted by molar-refractivity contribution is 7.17. The van der Waals surface area contributed by atoms with Gasteiger partial charge in [-0.1, -0.05) is 41.7 Å². The van der Waals surface area contributed by atoms with Crippen molar-refractivity contribution >= 4 is 22.8 Å². The molecule has 0 bridgehead atoms. The average Bonchev–Trinajstić information content (AvgIpc) is 3.08. The van der Waals surface area contributed by atoms with Crippen LogP contribution in [0.5, 0.6) is 0 Å². The summed E-state index contributed by atoms with van der Waals surface area (Å²) in [6, 6.07) is 10.6. The van der Waals surface area contributed by atoms with Crippen molar-refractivity contribution in [1.29, 1.82) is 0 Å². The fourth-order valence-corrected chi connectivity index (χ4v) is 3.17. The Morgan fingerprint density at radius 1 is 1.33 bits per heavy atom. The number of carbonyl (C=O) groups excluding carboxylic acids is 1. The molecular weight excluding hydrogens is 244 g/mol. The predicted molar refractivity (Wildman–Crippen MR) is 73.5 cm³/mol. The number of thiazole rings is 1. The zero-order valence-corrected chi connectivity index (χ0v) is 10.8. The summed E-state index contributed by atoms with van der Waals surface area (Å²) < 4.78 is 0. The molecule has 0 saturated carbocycles. The molecule has 3 nitrogen and oxygen atoms in total. The Labute approximate surface area is 110 Å². The maximum absolute atomic E-state index is 10.7. The first-order valence-electron chi connectivity index (χ1n) is 6.08. The lowest BCUT2D eigenvalue weighted by molar-refractivity contribution is 0.112. The van der Waals surface area contributed by atoms with Crippen LogP contribution >= 0.6 is 11.3 Å². The molecule has 0 amide bonds. The van der Waals surface area contributed by atoms with Crippen LogP contribution in [-0.2, 0) is 0 Å². The van der Waals surface area contributed by atoms with Gasteiger partial charge in [0.1, 0.15) is 0 Å². The number of hydrogen-bond acceptors (Lipinski definition) is 4. The van der Waals surface area contributed by atoms with Gasteiger partial charge in [0.05, 0.1) is 11.1 Å². The van der Waals surface area contributed by atoms with Crippen molar-refractivity contribution in [3.63, 3.8) is 0 Å². The number of nitrogens with zero attached hydrogens (tertiary/aromatic N) is 2. The Balaban J connectivity index is 1.73. The Bertz CT molecular complexity index is 538. The van der Waals surface area contributed by atoms with Crippen LogP contribution in [0.2, 0.25) is 0 Å². The van der Waals surface area contributed by atoms with Crippen LogP contribution in [0.15, 0.2) is 36.5 Å². The molecule has 0 aliphatic carbocycles. The lowest BCUT2D eigenvalue weighted by Crippen LogP contribution is -2.18. The van der Waals surface area contributed by atoms with Crippen LogP contribution in [0, 0.1) is 0 Å². The highest BCUT2D eigenvalue weighted by atomic mass is 32.1. The van der Waals surface area contributed by atoms with Crippen molar-refractivity contribution in [2.75, 3.05) is 18.0 Å². The van der Waals surface area contributed by atoms with Gasteiger partial charge in [0.25, 0.3) is 0 Å². The molecule has 1 aromatic carbocycles. The summed E-state index contributed by atoms with van der Waals surface area (Å²) in [6.07, 6.45) is 3.68. The Kier molecular flexibility index (Phi) is 3.11. The summed E-state index contributed by atoms with van der Waals surface area (Å²) in [5, 5.41) is 0.968. The Morgan fingerprint density at radius 2 is 2.17 bits per heavy atom. The van der Waals surface area contributed by atoms with Gasteiger partial charge in [-0.25, -0.2) is 4.98 Å². The van der Waals surface area contributed by atoms with Crippen LogP contribution in [0.4, 0.5) is 5.13 Å². The molecule has 2 heterocycles. The van der Waals surface area contributed by atoms with Crippen LogP contribution in [0.1, 0.15) is 27.6 Å². The van der Waals surface area contributed by atoms with E-state index in [0.29, 0.717) is 10.8 Å². The summed E-state index contributed by atoms with van der Waals surface area (Å²) >= 11 is 1.47. The van der Waals surface area contributed by atoms with Crippen molar-refractivity contribution in [3.05, 3.63) is 47.0 Å². The van der Waals surface area contributed by atoms with E-state index in [1.165, 1.54) is 16.9 Å². The number of aromatic nitrogens is 1. The van der Waals surface area contributed by atoms with Gasteiger partial charge >= 0.3 is 0 Å². The van der Waals surface area contributed by atoms with Gasteiger partial charge in [-0.15, -0.1) is 0 Å². The minimum atomic E-state index is 0.579. The van der Waals surface area contributed by atoms with Crippen molar-refractivity contribution in [2.45, 2.75) is 12.3 Å². The molecule has 1 aromatic heterocycles. The molecule has 18 heavy (non-hydrogen) atoms. The van der Waals surface area contributed by atoms with Crippen molar-refractivity contribution < 1.29 is 4.79 Å². The van der Waals surface area contributed by atoms with Gasteiger partial charge < -0.3 is 4.90 Å². The van der Waals surface area contributed by atoms with Gasteiger partial charge in [-0.05, 0) is 12.0 Å². The second-order valence-corrected chi connectivity index (χ2v) is 5.55. The summed E-state index contributed by atoms with van der Waals surface area (Å²) in [6.45, 7) is 2.02. The van der Waals surface area contributed by atoms with E-state index in [0.717, 1.165) is 30.9 Å². The van der Waals surface area contributed by atoms with E-state index >= 15 is 0 Å². The van der Waals surface area contributed by atoms with Gasteiger partial charge in [0.2, 0.25) is 0 Å². The maximum atomic E-state index is 10.7. The molecule has 0 N–H and O–H groups in total. The lowest BCUT2D eigenvalue weighted by Gasteiger charge is -2.14. The van der Waals surface area contributed by atoms with E-state index in [4.69, 9.17) is 0 Å². The first-order valence-corrected chi connectivity index (χ1v) is 6.89. The third-order valence-corrected chi connectivity index (χ3v) is 4.34. The van der Waals surface area contributed by atoms with Gasteiger partial charge in [0, 0.05) is 19.0 Å². The molecule has 0 spiro atoms. The summed E-state index contributed by atoms with van der Waals surface area (Å²) in [5.74, 6) is 0.579. The molecule has 92 valence electrons. The van der Waals surface area contributed by atoms with Crippen molar-refractivity contribution in [2.24, 2.45) is 0 Å². The maximum Gasteiger partial charge on any atom is 0.185 e. The van der Waals surface area contributed by atoms with Crippen LogP contribution in [-0.4, -0.2) is 24.4 Å². The summed E-state index contributed by atoms with van der Waals surface area (Å²) in [4.78, 5) is 18.0. The fourth-order valence-electron chi connectivity index (χ4n) is 2.41. The van der Waals surface area contributed by atoms with Gasteiger partial charge in [-0.2, -0.15) is 0 Å². The van der Waals surface area contributed by atoms with Crippen LogP contribution in [0.3, 0.4) is 0 Å². The third kappa shape index (κ3) is 2.16. The molecule has 1 unspecified atom stereocenters. The minimum absolute atomic E-state index is 0.579. The normalized spacial score (nSPS) is 19.1. The van der Waals surface area contributed by atoms with E-state index in [-0.39, 0.29) is 0 Å². The number of benzene rings is 1. The van der Waals surface area contributed by atoms with Gasteiger partial charge in [0.15, 0.2) is 11.4 Å². The number of aldehydes is 1. The molecule has 2 aromatic rings. The second kappa shape index (κ2) is 4.90. The van der Waals surface area contributed by atoms with E-state index < -0.39 is 0 Å². The molecule has 0 radical (unpaired) electrons. The number of carbonyl (C=O) groups is 1. The third-order valence-electron chi connectivity index (χ3n) is 3.36. The first-order chi connectivity index (χ1) is 8.86. The van der Waals surface area contributed by atoms with Crippen molar-refractivity contribution in [3.8, 4) is 0 Å². The number of anilines is 1. The number of hydrogen-bond donors (Lipinski definition) is 0. The standard InChI is InChI=1S/C14H14N2OS/c17-10-13-8-15-14(18-13)16-7-6-12(9-16)11-4-2-1-3-5-11/h1-5,8,10,12H,6-7,9H2. The summed E-state index contributed by atoms with van der Waals surface area (Å²) in [5.41, 5.74) is 1.40. The zero-order valence-electron chi connectivity index (χ0n) is 9.95. The topological polar surface area (TPSA) is 33.2 Å². The SMILES string of the molecule is O=Cc1cnc(N2CCC(c3ccccc3)C2)s1. The van der Waals surface area contributed by atoms with Crippen LogP contribution < -0.4 is 4.90 Å². The van der Waals surface area contributed by atoms with E-state index in [1.807, 2.05) is 6.07 Å². The Hall–Kier alpha value is -1.68. The summed E-state index contributed by atoms with van der Waals surface area (Å²) in [7, 11) is 0. The fraction of sp³-hybridized carbons (Fsp3) is 0.286. The Morgan fingerprint density at radius 3 is 2.89 bits per heavy atom.